The number of thiophene rings is 1. The van der Waals surface area contributed by atoms with Crippen molar-refractivity contribution in [3.8, 4) is 0 Å². The molecule has 2 heterocycles. The van der Waals surface area contributed by atoms with Crippen molar-refractivity contribution in [1.82, 2.24) is 10.3 Å². The number of nitrogens with zero attached hydrogens (tertiary/aromatic N) is 2. The van der Waals surface area contributed by atoms with Crippen molar-refractivity contribution < 1.29 is 13.2 Å². The maximum Gasteiger partial charge on any atom is 0.274 e. The molecule has 0 aliphatic heterocycles. The topological polar surface area (TPSA) is 79.4 Å². The van der Waals surface area contributed by atoms with Gasteiger partial charge in [0.15, 0.2) is 0 Å². The van der Waals surface area contributed by atoms with Gasteiger partial charge in [-0.15, -0.1) is 11.3 Å². The molecule has 6 nitrogen and oxygen atoms in total. The molecule has 0 saturated carbocycles. The molecule has 1 aromatic carbocycles. The Balaban J connectivity index is 1.96. The zero-order chi connectivity index (χ0) is 20.1. The summed E-state index contributed by atoms with van der Waals surface area (Å²) in [6.07, 6.45) is 3.27. The second kappa shape index (κ2) is 8.72. The molecule has 0 aliphatic carbocycles. The third-order valence-corrected chi connectivity index (χ3v) is 7.43. The maximum absolute atomic E-state index is 13.4. The molecule has 0 bridgehead atoms. The molecule has 1 amide bonds. The summed E-state index contributed by atoms with van der Waals surface area (Å²) in [5.41, 5.74) is 1.26. The number of pyridine rings is 1. The minimum atomic E-state index is -3.81. The minimum absolute atomic E-state index is 0.136. The number of carbonyl (C=O) groups is 1. The molecule has 0 radical (unpaired) electrons. The van der Waals surface area contributed by atoms with Crippen LogP contribution in [-0.4, -0.2) is 19.3 Å². The number of nitrogens with one attached hydrogen (secondary N) is 1. The fourth-order valence-electron chi connectivity index (χ4n) is 2.49. The molecule has 0 atom stereocenters. The van der Waals surface area contributed by atoms with Gasteiger partial charge in [0.1, 0.15) is 4.21 Å². The molecule has 28 heavy (non-hydrogen) atoms. The van der Waals surface area contributed by atoms with E-state index in [1.54, 1.807) is 54.9 Å². The molecular formula is C19H18ClN3O3S2. The van der Waals surface area contributed by atoms with Crippen molar-refractivity contribution >= 4 is 44.6 Å². The third-order valence-electron chi connectivity index (χ3n) is 3.86. The van der Waals surface area contributed by atoms with Crippen LogP contribution in [-0.2, 0) is 27.9 Å². The Bertz CT molecular complexity index is 1050. The highest BCUT2D eigenvalue weighted by atomic mass is 35.5. The number of rotatable bonds is 7. The van der Waals surface area contributed by atoms with Gasteiger partial charge in [0, 0.05) is 29.2 Å². The van der Waals surface area contributed by atoms with Crippen LogP contribution in [0.15, 0.2) is 65.1 Å². The second-order valence-corrected chi connectivity index (χ2v) is 9.67. The van der Waals surface area contributed by atoms with E-state index in [1.807, 2.05) is 6.07 Å². The Labute approximate surface area is 172 Å². The van der Waals surface area contributed by atoms with Crippen LogP contribution in [0.3, 0.4) is 0 Å². The van der Waals surface area contributed by atoms with E-state index in [0.29, 0.717) is 17.3 Å². The number of sulfonamides is 1. The van der Waals surface area contributed by atoms with E-state index in [4.69, 9.17) is 11.6 Å². The van der Waals surface area contributed by atoms with Crippen molar-refractivity contribution in [2.24, 2.45) is 0 Å². The Morgan fingerprint density at radius 1 is 1.18 bits per heavy atom. The summed E-state index contributed by atoms with van der Waals surface area (Å²) in [4.78, 5) is 15.9. The fourth-order valence-corrected chi connectivity index (χ4v) is 5.48. The van der Waals surface area contributed by atoms with Crippen molar-refractivity contribution in [2.45, 2.75) is 24.2 Å². The lowest BCUT2D eigenvalue weighted by atomic mass is 10.2. The quantitative estimate of drug-likeness (QED) is 0.611. The zero-order valence-corrected chi connectivity index (χ0v) is 17.4. The first kappa shape index (κ1) is 20.3. The van der Waals surface area contributed by atoms with Crippen LogP contribution >= 0.6 is 22.9 Å². The SMILES string of the molecule is CC(=O)NCc1ccc(S(=O)(=O)N(Cc2cccnc2)c2ccc(Cl)cc2)s1. The molecule has 2 aromatic heterocycles. The van der Waals surface area contributed by atoms with Gasteiger partial charge in [-0.05, 0) is 48.0 Å². The average molecular weight is 436 g/mol. The molecule has 1 N–H and O–H groups in total. The van der Waals surface area contributed by atoms with E-state index in [0.717, 1.165) is 21.8 Å². The number of benzene rings is 1. The number of anilines is 1. The van der Waals surface area contributed by atoms with Crippen LogP contribution in [0.2, 0.25) is 5.02 Å². The molecular weight excluding hydrogens is 418 g/mol. The predicted molar refractivity (Wildman–Crippen MR) is 111 cm³/mol. The van der Waals surface area contributed by atoms with Crippen LogP contribution in [0.25, 0.3) is 0 Å². The van der Waals surface area contributed by atoms with E-state index < -0.39 is 10.0 Å². The first-order valence-electron chi connectivity index (χ1n) is 8.36. The summed E-state index contributed by atoms with van der Waals surface area (Å²) < 4.78 is 28.3. The van der Waals surface area contributed by atoms with Crippen LogP contribution in [0, 0.1) is 0 Å². The van der Waals surface area contributed by atoms with Gasteiger partial charge in [0.2, 0.25) is 5.91 Å². The number of amides is 1. The van der Waals surface area contributed by atoms with E-state index in [1.165, 1.54) is 11.2 Å². The molecule has 0 fully saturated rings. The van der Waals surface area contributed by atoms with E-state index in [2.05, 4.69) is 10.3 Å². The lowest BCUT2D eigenvalue weighted by Crippen LogP contribution is -2.30. The van der Waals surface area contributed by atoms with E-state index in [9.17, 15) is 13.2 Å². The lowest BCUT2D eigenvalue weighted by Gasteiger charge is -2.24. The monoisotopic (exact) mass is 435 g/mol. The summed E-state index contributed by atoms with van der Waals surface area (Å²) in [5.74, 6) is -0.169. The molecule has 9 heteroatoms. The Kier molecular flexibility index (Phi) is 6.33. The third kappa shape index (κ3) is 4.89. The summed E-state index contributed by atoms with van der Waals surface area (Å²) in [5, 5.41) is 3.20. The standard InChI is InChI=1S/C19H18ClN3O3S2/c1-14(24)22-12-18-8-9-19(27-18)28(25,26)23(13-15-3-2-10-21-11-15)17-6-4-16(20)5-7-17/h2-11H,12-13H2,1H3,(H,22,24). The minimum Gasteiger partial charge on any atom is -0.351 e. The molecule has 146 valence electrons. The Morgan fingerprint density at radius 3 is 2.57 bits per heavy atom. The van der Waals surface area contributed by atoms with Crippen LogP contribution in [0.1, 0.15) is 17.4 Å². The first-order valence-corrected chi connectivity index (χ1v) is 11.0. The van der Waals surface area contributed by atoms with Gasteiger partial charge in [-0.2, -0.15) is 0 Å². The van der Waals surface area contributed by atoms with Crippen LogP contribution < -0.4 is 9.62 Å². The number of hydrogen-bond acceptors (Lipinski definition) is 5. The van der Waals surface area contributed by atoms with Crippen molar-refractivity contribution in [1.29, 1.82) is 0 Å². The zero-order valence-electron chi connectivity index (χ0n) is 15.0. The van der Waals surface area contributed by atoms with Crippen molar-refractivity contribution in [3.63, 3.8) is 0 Å². The molecule has 0 unspecified atom stereocenters. The summed E-state index contributed by atoms with van der Waals surface area (Å²) >= 11 is 7.09. The van der Waals surface area contributed by atoms with Crippen LogP contribution in [0.4, 0.5) is 5.69 Å². The highest BCUT2D eigenvalue weighted by Crippen LogP contribution is 2.30. The number of halogens is 1. The average Bonchev–Trinajstić information content (AvgIpc) is 3.16. The molecule has 0 saturated heterocycles. The normalized spacial score (nSPS) is 11.2. The molecule has 3 aromatic rings. The van der Waals surface area contributed by atoms with Crippen molar-refractivity contribution in [2.75, 3.05) is 4.31 Å². The van der Waals surface area contributed by atoms with Gasteiger partial charge >= 0.3 is 0 Å². The summed E-state index contributed by atoms with van der Waals surface area (Å²) in [6, 6.07) is 13.5. The van der Waals surface area contributed by atoms with Gasteiger partial charge in [-0.3, -0.25) is 14.1 Å². The molecule has 0 spiro atoms. The van der Waals surface area contributed by atoms with E-state index in [-0.39, 0.29) is 16.7 Å². The maximum atomic E-state index is 13.4. The second-order valence-electron chi connectivity index (χ2n) is 5.98. The fraction of sp³-hybridized carbons (Fsp3) is 0.158. The predicted octanol–water partition coefficient (Wildman–Crippen LogP) is 3.83. The van der Waals surface area contributed by atoms with Gasteiger partial charge in [-0.1, -0.05) is 17.7 Å². The van der Waals surface area contributed by atoms with Crippen molar-refractivity contribution in [3.05, 3.63) is 76.4 Å². The highest BCUT2D eigenvalue weighted by molar-refractivity contribution is 7.94. The largest absolute Gasteiger partial charge is 0.351 e. The Morgan fingerprint density at radius 2 is 1.93 bits per heavy atom. The van der Waals surface area contributed by atoms with Gasteiger partial charge in [0.05, 0.1) is 18.8 Å². The van der Waals surface area contributed by atoms with E-state index >= 15 is 0 Å². The number of hydrogen-bond donors (Lipinski definition) is 1. The smallest absolute Gasteiger partial charge is 0.274 e. The van der Waals surface area contributed by atoms with Crippen LogP contribution in [0.5, 0.6) is 0 Å². The lowest BCUT2D eigenvalue weighted by molar-refractivity contribution is -0.119. The van der Waals surface area contributed by atoms with Gasteiger partial charge in [-0.25, -0.2) is 8.42 Å². The number of carbonyl (C=O) groups excluding carboxylic acids is 1. The summed E-state index contributed by atoms with van der Waals surface area (Å²) in [7, 11) is -3.81. The Hall–Kier alpha value is -2.42. The first-order chi connectivity index (χ1) is 13.4. The van der Waals surface area contributed by atoms with Gasteiger partial charge < -0.3 is 5.32 Å². The number of aromatic nitrogens is 1. The molecule has 0 aliphatic rings. The molecule has 3 rings (SSSR count). The summed E-state index contributed by atoms with van der Waals surface area (Å²) in [6.45, 7) is 1.84. The highest BCUT2D eigenvalue weighted by Gasteiger charge is 2.27. The van der Waals surface area contributed by atoms with Gasteiger partial charge in [0.25, 0.3) is 10.0 Å².